The first-order valence-electron chi connectivity index (χ1n) is 9.47. The highest BCUT2D eigenvalue weighted by atomic mass is 16.4. The van der Waals surface area contributed by atoms with Gasteiger partial charge in [-0.15, -0.1) is 0 Å². The highest BCUT2D eigenvalue weighted by Gasteiger charge is 2.22. The van der Waals surface area contributed by atoms with Gasteiger partial charge in [-0.2, -0.15) is 0 Å². The van der Waals surface area contributed by atoms with Crippen LogP contribution in [0.2, 0.25) is 0 Å². The van der Waals surface area contributed by atoms with Crippen LogP contribution >= 0.6 is 0 Å². The Morgan fingerprint density at radius 2 is 1.79 bits per heavy atom. The molecule has 1 aromatic heterocycles. The molecule has 28 heavy (non-hydrogen) atoms. The van der Waals surface area contributed by atoms with E-state index in [1.54, 1.807) is 18.2 Å². The Bertz CT molecular complexity index is 1000. The van der Waals surface area contributed by atoms with Gasteiger partial charge in [0.1, 0.15) is 0 Å². The van der Waals surface area contributed by atoms with Gasteiger partial charge >= 0.3 is 5.97 Å². The first-order valence-corrected chi connectivity index (χ1v) is 9.47. The van der Waals surface area contributed by atoms with Crippen LogP contribution in [-0.2, 0) is 17.8 Å². The van der Waals surface area contributed by atoms with E-state index in [2.05, 4.69) is 9.88 Å². The lowest BCUT2D eigenvalue weighted by molar-refractivity contribution is -0.132. The molecule has 0 saturated carbocycles. The second-order valence-corrected chi connectivity index (χ2v) is 7.20. The van der Waals surface area contributed by atoms with E-state index in [0.29, 0.717) is 31.6 Å². The van der Waals surface area contributed by atoms with E-state index in [1.807, 2.05) is 41.4 Å². The number of para-hydroxylation sites is 1. The van der Waals surface area contributed by atoms with Gasteiger partial charge in [-0.1, -0.05) is 30.3 Å². The summed E-state index contributed by atoms with van der Waals surface area (Å²) in [7, 11) is 0. The van der Waals surface area contributed by atoms with Crippen LogP contribution in [0.5, 0.6) is 0 Å². The summed E-state index contributed by atoms with van der Waals surface area (Å²) in [5, 5.41) is 10.2. The van der Waals surface area contributed by atoms with Gasteiger partial charge in [-0.05, 0) is 29.3 Å². The summed E-state index contributed by atoms with van der Waals surface area (Å²) < 4.78 is 0. The second kappa shape index (κ2) is 7.86. The Morgan fingerprint density at radius 1 is 1.00 bits per heavy atom. The third-order valence-electron chi connectivity index (χ3n) is 5.32. The van der Waals surface area contributed by atoms with Crippen LogP contribution in [0.25, 0.3) is 10.9 Å². The van der Waals surface area contributed by atoms with Crippen molar-refractivity contribution in [3.05, 3.63) is 71.4 Å². The summed E-state index contributed by atoms with van der Waals surface area (Å²) in [4.78, 5) is 31.2. The lowest BCUT2D eigenvalue weighted by atomic mass is 10.1. The van der Waals surface area contributed by atoms with E-state index in [9.17, 15) is 9.59 Å². The van der Waals surface area contributed by atoms with Crippen molar-refractivity contribution in [2.45, 2.75) is 13.0 Å². The fourth-order valence-electron chi connectivity index (χ4n) is 3.77. The Hall–Kier alpha value is -3.12. The van der Waals surface area contributed by atoms with Crippen LogP contribution < -0.4 is 0 Å². The normalized spacial score (nSPS) is 15.1. The van der Waals surface area contributed by atoms with E-state index in [-0.39, 0.29) is 5.91 Å². The number of rotatable bonds is 5. The van der Waals surface area contributed by atoms with E-state index < -0.39 is 5.97 Å². The van der Waals surface area contributed by atoms with Crippen LogP contribution in [0.4, 0.5) is 0 Å². The molecule has 6 heteroatoms. The number of aromatic amines is 1. The number of piperazine rings is 1. The fourth-order valence-corrected chi connectivity index (χ4v) is 3.77. The molecular weight excluding hydrogens is 354 g/mol. The Balaban J connectivity index is 1.33. The molecule has 2 aromatic carbocycles. The summed E-state index contributed by atoms with van der Waals surface area (Å²) in [6, 6.07) is 15.1. The highest BCUT2D eigenvalue weighted by molar-refractivity contribution is 5.89. The van der Waals surface area contributed by atoms with Crippen LogP contribution in [0, 0.1) is 0 Å². The van der Waals surface area contributed by atoms with Gasteiger partial charge in [0, 0.05) is 49.8 Å². The molecule has 1 aliphatic heterocycles. The monoisotopic (exact) mass is 377 g/mol. The van der Waals surface area contributed by atoms with Crippen molar-refractivity contribution >= 4 is 22.8 Å². The molecule has 0 atom stereocenters. The number of amides is 1. The summed E-state index contributed by atoms with van der Waals surface area (Å²) in [6.07, 6.45) is 2.33. The summed E-state index contributed by atoms with van der Waals surface area (Å²) in [5.74, 6) is -0.758. The number of fused-ring (bicyclic) bond motifs is 1. The highest BCUT2D eigenvalue weighted by Crippen LogP contribution is 2.19. The fraction of sp³-hybridized carbons (Fsp3) is 0.273. The molecule has 2 N–H and O–H groups in total. The quantitative estimate of drug-likeness (QED) is 0.717. The number of carboxylic acids is 1. The summed E-state index contributed by atoms with van der Waals surface area (Å²) in [6.45, 7) is 3.67. The average molecular weight is 377 g/mol. The molecule has 6 nitrogen and oxygen atoms in total. The first kappa shape index (κ1) is 18.3. The molecule has 0 bridgehead atoms. The summed E-state index contributed by atoms with van der Waals surface area (Å²) >= 11 is 0. The second-order valence-electron chi connectivity index (χ2n) is 7.20. The van der Waals surface area contributed by atoms with Crippen molar-refractivity contribution in [1.29, 1.82) is 0 Å². The van der Waals surface area contributed by atoms with E-state index in [0.717, 1.165) is 35.1 Å². The molecule has 3 aromatic rings. The van der Waals surface area contributed by atoms with Gasteiger partial charge in [0.25, 0.3) is 0 Å². The molecule has 1 fully saturated rings. The molecule has 0 aliphatic carbocycles. The van der Waals surface area contributed by atoms with Crippen molar-refractivity contribution in [1.82, 2.24) is 14.8 Å². The number of nitrogens with zero attached hydrogens (tertiary/aromatic N) is 2. The molecule has 0 radical (unpaired) electrons. The zero-order valence-electron chi connectivity index (χ0n) is 15.6. The van der Waals surface area contributed by atoms with Crippen molar-refractivity contribution in [3.63, 3.8) is 0 Å². The molecule has 1 amide bonds. The van der Waals surface area contributed by atoms with Crippen LogP contribution in [0.3, 0.4) is 0 Å². The maximum atomic E-state index is 12.7. The first-order chi connectivity index (χ1) is 13.6. The van der Waals surface area contributed by atoms with Crippen molar-refractivity contribution in [2.75, 3.05) is 26.2 Å². The van der Waals surface area contributed by atoms with Gasteiger partial charge in [0.15, 0.2) is 0 Å². The van der Waals surface area contributed by atoms with Gasteiger partial charge in [-0.3, -0.25) is 9.69 Å². The minimum Gasteiger partial charge on any atom is -0.478 e. The number of benzene rings is 2. The zero-order valence-corrected chi connectivity index (χ0v) is 15.6. The van der Waals surface area contributed by atoms with Gasteiger partial charge in [-0.25, -0.2) is 4.79 Å². The standard InChI is InChI=1S/C22H23N3O3/c26-21(13-18-14-23-20-7-2-1-6-19(18)20)25-10-8-24(9-11-25)15-16-4-3-5-17(12-16)22(27)28/h1-7,12,14,23H,8-11,13,15H2,(H,27,28). The third kappa shape index (κ3) is 3.92. The van der Waals surface area contributed by atoms with E-state index >= 15 is 0 Å². The molecule has 4 rings (SSSR count). The number of carbonyl (C=O) groups excluding carboxylic acids is 1. The lowest BCUT2D eigenvalue weighted by Crippen LogP contribution is -2.48. The molecule has 0 spiro atoms. The number of hydrogen-bond acceptors (Lipinski definition) is 3. The van der Waals surface area contributed by atoms with Crippen LogP contribution in [0.15, 0.2) is 54.7 Å². The predicted molar refractivity (Wildman–Crippen MR) is 107 cm³/mol. The smallest absolute Gasteiger partial charge is 0.335 e. The molecular formula is C22H23N3O3. The molecule has 144 valence electrons. The number of nitrogens with one attached hydrogen (secondary N) is 1. The van der Waals surface area contributed by atoms with Gasteiger partial charge in [0.2, 0.25) is 5.91 Å². The van der Waals surface area contributed by atoms with Crippen molar-refractivity contribution in [2.24, 2.45) is 0 Å². The topological polar surface area (TPSA) is 76.6 Å². The lowest BCUT2D eigenvalue weighted by Gasteiger charge is -2.34. The van der Waals surface area contributed by atoms with Crippen molar-refractivity contribution < 1.29 is 14.7 Å². The number of aromatic carboxylic acids is 1. The number of carboxylic acid groups (broad SMARTS) is 1. The Morgan fingerprint density at radius 3 is 2.57 bits per heavy atom. The molecule has 0 unspecified atom stereocenters. The maximum Gasteiger partial charge on any atom is 0.335 e. The van der Waals surface area contributed by atoms with E-state index in [4.69, 9.17) is 5.11 Å². The Labute approximate surface area is 163 Å². The van der Waals surface area contributed by atoms with Gasteiger partial charge in [0.05, 0.1) is 12.0 Å². The van der Waals surface area contributed by atoms with Gasteiger partial charge < -0.3 is 15.0 Å². The SMILES string of the molecule is O=C(O)c1cccc(CN2CCN(C(=O)Cc3c[nH]c4ccccc34)CC2)c1. The molecule has 1 aliphatic rings. The minimum atomic E-state index is -0.908. The number of aromatic nitrogens is 1. The number of H-pyrrole nitrogens is 1. The third-order valence-corrected chi connectivity index (χ3v) is 5.32. The average Bonchev–Trinajstić information content (AvgIpc) is 3.12. The Kier molecular flexibility index (Phi) is 5.12. The predicted octanol–water partition coefficient (Wildman–Crippen LogP) is 2.75. The molecule has 1 saturated heterocycles. The minimum absolute atomic E-state index is 0.150. The maximum absolute atomic E-state index is 12.7. The number of carbonyl (C=O) groups is 2. The summed E-state index contributed by atoms with van der Waals surface area (Å²) in [5.41, 5.74) is 3.38. The van der Waals surface area contributed by atoms with Crippen LogP contribution in [0.1, 0.15) is 21.5 Å². The van der Waals surface area contributed by atoms with Crippen molar-refractivity contribution in [3.8, 4) is 0 Å². The van der Waals surface area contributed by atoms with Crippen LogP contribution in [-0.4, -0.2) is 57.9 Å². The van der Waals surface area contributed by atoms with E-state index in [1.165, 1.54) is 0 Å². The zero-order chi connectivity index (χ0) is 19.5. The largest absolute Gasteiger partial charge is 0.478 e. The molecule has 2 heterocycles. The number of hydrogen-bond donors (Lipinski definition) is 2.